The van der Waals surface area contributed by atoms with E-state index in [1.54, 1.807) is 0 Å². The molecule has 0 amide bonds. The van der Waals surface area contributed by atoms with Crippen molar-refractivity contribution in [2.75, 3.05) is 13.1 Å². The van der Waals surface area contributed by atoms with E-state index in [0.29, 0.717) is 5.54 Å². The van der Waals surface area contributed by atoms with Crippen LogP contribution in [0, 0.1) is 0 Å². The third-order valence-electron chi connectivity index (χ3n) is 3.72. The van der Waals surface area contributed by atoms with Gasteiger partial charge < -0.3 is 5.32 Å². The summed E-state index contributed by atoms with van der Waals surface area (Å²) >= 11 is 0. The standard InChI is InChI=1S/C11H22N2/c1-4-11(3)8-13(10-5-6-10)9(2)7-12-11/h9-10,12H,4-8H2,1-3H3. The molecular weight excluding hydrogens is 160 g/mol. The molecule has 1 heterocycles. The zero-order valence-corrected chi connectivity index (χ0v) is 9.14. The van der Waals surface area contributed by atoms with Crippen molar-refractivity contribution >= 4 is 0 Å². The van der Waals surface area contributed by atoms with Crippen LogP contribution >= 0.6 is 0 Å². The molecule has 0 aromatic carbocycles. The van der Waals surface area contributed by atoms with Crippen LogP contribution in [0.15, 0.2) is 0 Å². The third kappa shape index (κ3) is 1.89. The van der Waals surface area contributed by atoms with Crippen molar-refractivity contribution in [3.05, 3.63) is 0 Å². The Hall–Kier alpha value is -0.0800. The van der Waals surface area contributed by atoms with E-state index in [1.165, 1.54) is 32.4 Å². The van der Waals surface area contributed by atoms with Crippen molar-refractivity contribution < 1.29 is 0 Å². The van der Waals surface area contributed by atoms with E-state index in [9.17, 15) is 0 Å². The lowest BCUT2D eigenvalue weighted by Crippen LogP contribution is -2.62. The number of hydrogen-bond acceptors (Lipinski definition) is 2. The molecule has 2 atom stereocenters. The molecule has 2 fully saturated rings. The molecule has 2 rings (SSSR count). The Labute approximate surface area is 81.7 Å². The van der Waals surface area contributed by atoms with Gasteiger partial charge >= 0.3 is 0 Å². The Morgan fingerprint density at radius 1 is 1.46 bits per heavy atom. The summed E-state index contributed by atoms with van der Waals surface area (Å²) < 4.78 is 0. The van der Waals surface area contributed by atoms with Gasteiger partial charge in [-0.25, -0.2) is 0 Å². The molecule has 2 unspecified atom stereocenters. The highest BCUT2D eigenvalue weighted by atomic mass is 15.3. The minimum atomic E-state index is 0.370. The van der Waals surface area contributed by atoms with E-state index in [-0.39, 0.29) is 0 Å². The molecule has 2 heteroatoms. The first-order valence-electron chi connectivity index (χ1n) is 5.65. The highest BCUT2D eigenvalue weighted by Crippen LogP contribution is 2.32. The highest BCUT2D eigenvalue weighted by Gasteiger charge is 2.39. The van der Waals surface area contributed by atoms with Gasteiger partial charge in [-0.1, -0.05) is 6.92 Å². The molecule has 2 aliphatic rings. The average molecular weight is 182 g/mol. The van der Waals surface area contributed by atoms with Crippen LogP contribution in [0.4, 0.5) is 0 Å². The van der Waals surface area contributed by atoms with E-state index < -0.39 is 0 Å². The van der Waals surface area contributed by atoms with Gasteiger partial charge in [-0.2, -0.15) is 0 Å². The van der Waals surface area contributed by atoms with Gasteiger partial charge in [0.2, 0.25) is 0 Å². The van der Waals surface area contributed by atoms with Crippen LogP contribution < -0.4 is 5.32 Å². The Bertz CT molecular complexity index is 189. The normalized spacial score (nSPS) is 42.2. The Kier molecular flexibility index (Phi) is 2.37. The molecule has 1 saturated carbocycles. The number of rotatable bonds is 2. The van der Waals surface area contributed by atoms with Gasteiger partial charge in [0, 0.05) is 30.7 Å². The quantitative estimate of drug-likeness (QED) is 0.698. The largest absolute Gasteiger partial charge is 0.309 e. The fraction of sp³-hybridized carbons (Fsp3) is 1.00. The van der Waals surface area contributed by atoms with E-state index >= 15 is 0 Å². The Morgan fingerprint density at radius 3 is 2.69 bits per heavy atom. The van der Waals surface area contributed by atoms with E-state index in [4.69, 9.17) is 0 Å². The fourth-order valence-corrected chi connectivity index (χ4v) is 2.26. The number of nitrogens with one attached hydrogen (secondary N) is 1. The van der Waals surface area contributed by atoms with Crippen LogP contribution in [0.25, 0.3) is 0 Å². The zero-order valence-electron chi connectivity index (χ0n) is 9.14. The van der Waals surface area contributed by atoms with E-state index in [2.05, 4.69) is 31.0 Å². The van der Waals surface area contributed by atoms with Gasteiger partial charge in [0.15, 0.2) is 0 Å². The number of piperazine rings is 1. The first-order valence-corrected chi connectivity index (χ1v) is 5.65. The van der Waals surface area contributed by atoms with Gasteiger partial charge in [0.1, 0.15) is 0 Å². The van der Waals surface area contributed by atoms with Crippen LogP contribution in [0.5, 0.6) is 0 Å². The van der Waals surface area contributed by atoms with Crippen LogP contribution in [-0.2, 0) is 0 Å². The van der Waals surface area contributed by atoms with Crippen molar-refractivity contribution in [3.8, 4) is 0 Å². The van der Waals surface area contributed by atoms with Gasteiger partial charge in [-0.15, -0.1) is 0 Å². The smallest absolute Gasteiger partial charge is 0.0278 e. The first kappa shape index (κ1) is 9.47. The summed E-state index contributed by atoms with van der Waals surface area (Å²) in [6, 6.07) is 1.66. The SMILES string of the molecule is CCC1(C)CN(C2CC2)C(C)CN1. The van der Waals surface area contributed by atoms with Gasteiger partial charge in [-0.05, 0) is 33.1 Å². The molecule has 0 spiro atoms. The number of hydrogen-bond donors (Lipinski definition) is 1. The van der Waals surface area contributed by atoms with Gasteiger partial charge in [-0.3, -0.25) is 4.90 Å². The lowest BCUT2D eigenvalue weighted by Gasteiger charge is -2.45. The van der Waals surface area contributed by atoms with Crippen LogP contribution in [0.3, 0.4) is 0 Å². The van der Waals surface area contributed by atoms with Crippen LogP contribution in [-0.4, -0.2) is 35.6 Å². The molecule has 13 heavy (non-hydrogen) atoms. The maximum Gasteiger partial charge on any atom is 0.0278 e. The van der Waals surface area contributed by atoms with Crippen molar-refractivity contribution in [2.45, 2.75) is 57.7 Å². The predicted octanol–water partition coefficient (Wildman–Crippen LogP) is 1.61. The summed E-state index contributed by atoms with van der Waals surface area (Å²) in [7, 11) is 0. The molecule has 1 aliphatic carbocycles. The molecule has 1 aliphatic heterocycles. The second-order valence-electron chi connectivity index (χ2n) is 5.05. The lowest BCUT2D eigenvalue weighted by molar-refractivity contribution is 0.0861. The number of nitrogens with zero attached hydrogens (tertiary/aromatic N) is 1. The zero-order chi connectivity index (χ0) is 9.47. The molecule has 0 bridgehead atoms. The summed E-state index contributed by atoms with van der Waals surface area (Å²) in [5, 5.41) is 3.67. The molecule has 0 aromatic rings. The lowest BCUT2D eigenvalue weighted by atomic mass is 9.94. The molecule has 1 N–H and O–H groups in total. The van der Waals surface area contributed by atoms with E-state index in [0.717, 1.165) is 12.1 Å². The molecule has 0 radical (unpaired) electrons. The molecule has 1 saturated heterocycles. The van der Waals surface area contributed by atoms with Crippen LogP contribution in [0.1, 0.15) is 40.0 Å². The molecule has 76 valence electrons. The highest BCUT2D eigenvalue weighted by molar-refractivity contribution is 4.98. The maximum atomic E-state index is 3.67. The predicted molar refractivity (Wildman–Crippen MR) is 55.9 cm³/mol. The second kappa shape index (κ2) is 3.25. The second-order valence-corrected chi connectivity index (χ2v) is 5.05. The van der Waals surface area contributed by atoms with Crippen molar-refractivity contribution in [2.24, 2.45) is 0 Å². The average Bonchev–Trinajstić information content (AvgIpc) is 2.93. The van der Waals surface area contributed by atoms with E-state index in [1.807, 2.05) is 0 Å². The Morgan fingerprint density at radius 2 is 2.15 bits per heavy atom. The summed E-state index contributed by atoms with van der Waals surface area (Å²) in [5.74, 6) is 0. The summed E-state index contributed by atoms with van der Waals surface area (Å²) in [6.07, 6.45) is 4.11. The van der Waals surface area contributed by atoms with Gasteiger partial charge in [0.05, 0.1) is 0 Å². The molecule has 0 aromatic heterocycles. The van der Waals surface area contributed by atoms with Crippen molar-refractivity contribution in [3.63, 3.8) is 0 Å². The minimum absolute atomic E-state index is 0.370. The monoisotopic (exact) mass is 182 g/mol. The van der Waals surface area contributed by atoms with Crippen molar-refractivity contribution in [1.82, 2.24) is 10.2 Å². The third-order valence-corrected chi connectivity index (χ3v) is 3.72. The summed E-state index contributed by atoms with van der Waals surface area (Å²) in [4.78, 5) is 2.71. The van der Waals surface area contributed by atoms with Crippen molar-refractivity contribution in [1.29, 1.82) is 0 Å². The minimum Gasteiger partial charge on any atom is -0.309 e. The van der Waals surface area contributed by atoms with Gasteiger partial charge in [0.25, 0.3) is 0 Å². The summed E-state index contributed by atoms with van der Waals surface area (Å²) in [5.41, 5.74) is 0.370. The Balaban J connectivity index is 2.00. The molecular formula is C11H22N2. The topological polar surface area (TPSA) is 15.3 Å². The van der Waals surface area contributed by atoms with Crippen LogP contribution in [0.2, 0.25) is 0 Å². The molecule has 2 nitrogen and oxygen atoms in total. The summed E-state index contributed by atoms with van der Waals surface area (Å²) in [6.45, 7) is 9.40. The fourth-order valence-electron chi connectivity index (χ4n) is 2.26. The first-order chi connectivity index (χ1) is 6.14. The maximum absolute atomic E-state index is 3.67.